The van der Waals surface area contributed by atoms with Gasteiger partial charge in [-0.25, -0.2) is 9.97 Å². The number of ether oxygens (including phenoxy) is 1. The van der Waals surface area contributed by atoms with Gasteiger partial charge < -0.3 is 15.0 Å². The zero-order valence-corrected chi connectivity index (χ0v) is 12.4. The Balaban J connectivity index is 1.93. The molecular formula is C13H22N4OS. The van der Waals surface area contributed by atoms with Gasteiger partial charge in [-0.2, -0.15) is 11.8 Å². The van der Waals surface area contributed by atoms with Crippen LogP contribution in [0.3, 0.4) is 0 Å². The van der Waals surface area contributed by atoms with Gasteiger partial charge in [0.25, 0.3) is 0 Å². The lowest BCUT2D eigenvalue weighted by Crippen LogP contribution is -2.30. The van der Waals surface area contributed by atoms with Crippen LogP contribution in [-0.2, 0) is 4.74 Å². The largest absolute Gasteiger partial charge is 0.379 e. The molecule has 1 aliphatic heterocycles. The second-order valence-corrected chi connectivity index (χ2v) is 5.72. The van der Waals surface area contributed by atoms with Crippen molar-refractivity contribution in [2.24, 2.45) is 0 Å². The molecule has 106 valence electrons. The van der Waals surface area contributed by atoms with Crippen LogP contribution in [0.1, 0.15) is 12.8 Å². The number of anilines is 2. The van der Waals surface area contributed by atoms with Crippen LogP contribution in [0.4, 0.5) is 11.6 Å². The fourth-order valence-corrected chi connectivity index (χ4v) is 2.50. The van der Waals surface area contributed by atoms with Crippen LogP contribution in [-0.4, -0.2) is 54.8 Å². The van der Waals surface area contributed by atoms with Gasteiger partial charge in [0.05, 0.1) is 12.6 Å². The first-order valence-electron chi connectivity index (χ1n) is 6.66. The van der Waals surface area contributed by atoms with E-state index in [9.17, 15) is 0 Å². The SMILES string of the molecule is CSCCN(C)c1cc(NC2CCCOC2)ncn1. The summed E-state index contributed by atoms with van der Waals surface area (Å²) in [4.78, 5) is 10.8. The Labute approximate surface area is 119 Å². The highest BCUT2D eigenvalue weighted by atomic mass is 32.2. The molecule has 1 N–H and O–H groups in total. The molecule has 1 unspecified atom stereocenters. The molecule has 0 aromatic carbocycles. The summed E-state index contributed by atoms with van der Waals surface area (Å²) < 4.78 is 5.47. The van der Waals surface area contributed by atoms with Gasteiger partial charge >= 0.3 is 0 Å². The molecule has 5 nitrogen and oxygen atoms in total. The van der Waals surface area contributed by atoms with E-state index in [0.717, 1.165) is 50.0 Å². The molecule has 19 heavy (non-hydrogen) atoms. The maximum atomic E-state index is 5.47. The third-order valence-corrected chi connectivity index (χ3v) is 3.78. The summed E-state index contributed by atoms with van der Waals surface area (Å²) in [5, 5.41) is 3.42. The number of hydrogen-bond acceptors (Lipinski definition) is 6. The quantitative estimate of drug-likeness (QED) is 0.859. The van der Waals surface area contributed by atoms with E-state index in [1.54, 1.807) is 6.33 Å². The second-order valence-electron chi connectivity index (χ2n) is 4.73. The highest BCUT2D eigenvalue weighted by Gasteiger charge is 2.14. The van der Waals surface area contributed by atoms with Crippen LogP contribution in [0.25, 0.3) is 0 Å². The van der Waals surface area contributed by atoms with Crippen molar-refractivity contribution in [3.63, 3.8) is 0 Å². The number of nitrogens with zero attached hydrogens (tertiary/aromatic N) is 3. The molecule has 1 aliphatic rings. The summed E-state index contributed by atoms with van der Waals surface area (Å²) in [6.07, 6.45) is 5.99. The van der Waals surface area contributed by atoms with Gasteiger partial charge in [0.2, 0.25) is 0 Å². The molecule has 0 bridgehead atoms. The first kappa shape index (κ1) is 14.4. The Morgan fingerprint density at radius 1 is 1.53 bits per heavy atom. The lowest BCUT2D eigenvalue weighted by molar-refractivity contribution is 0.0875. The second kappa shape index (κ2) is 7.55. The standard InChI is InChI=1S/C13H22N4OS/c1-17(5-7-19-2)13-8-12(14-10-15-13)16-11-4-3-6-18-9-11/h8,10-11H,3-7,9H2,1-2H3,(H,14,15,16). The van der Waals surface area contributed by atoms with Gasteiger partial charge in [-0.1, -0.05) is 0 Å². The minimum Gasteiger partial charge on any atom is -0.379 e. The van der Waals surface area contributed by atoms with Gasteiger partial charge in [-0.05, 0) is 19.1 Å². The van der Waals surface area contributed by atoms with Crippen molar-refractivity contribution < 1.29 is 4.74 Å². The van der Waals surface area contributed by atoms with E-state index < -0.39 is 0 Å². The number of thioether (sulfide) groups is 1. The molecule has 1 aromatic heterocycles. The van der Waals surface area contributed by atoms with Crippen LogP contribution < -0.4 is 10.2 Å². The van der Waals surface area contributed by atoms with Crippen molar-refractivity contribution in [3.05, 3.63) is 12.4 Å². The van der Waals surface area contributed by atoms with Gasteiger partial charge in [-0.15, -0.1) is 0 Å². The first-order valence-corrected chi connectivity index (χ1v) is 8.05. The molecule has 2 heterocycles. The lowest BCUT2D eigenvalue weighted by atomic mass is 10.1. The van der Waals surface area contributed by atoms with Gasteiger partial charge in [0.15, 0.2) is 0 Å². The maximum absolute atomic E-state index is 5.47. The van der Waals surface area contributed by atoms with Crippen molar-refractivity contribution in [1.82, 2.24) is 9.97 Å². The van der Waals surface area contributed by atoms with Crippen molar-refractivity contribution in [3.8, 4) is 0 Å². The summed E-state index contributed by atoms with van der Waals surface area (Å²) in [6.45, 7) is 2.64. The predicted octanol–water partition coefficient (Wildman–Crippen LogP) is 1.87. The summed E-state index contributed by atoms with van der Waals surface area (Å²) in [5.74, 6) is 2.94. The van der Waals surface area contributed by atoms with Gasteiger partial charge in [0, 0.05) is 32.0 Å². The lowest BCUT2D eigenvalue weighted by Gasteiger charge is -2.24. The Morgan fingerprint density at radius 3 is 3.16 bits per heavy atom. The molecule has 1 atom stereocenters. The smallest absolute Gasteiger partial charge is 0.133 e. The van der Waals surface area contributed by atoms with E-state index in [-0.39, 0.29) is 0 Å². The molecule has 0 saturated carbocycles. The minimum absolute atomic E-state index is 0.369. The molecular weight excluding hydrogens is 260 g/mol. The molecule has 1 aromatic rings. The monoisotopic (exact) mass is 282 g/mol. The average molecular weight is 282 g/mol. The normalized spacial score (nSPS) is 19.2. The molecule has 2 rings (SSSR count). The summed E-state index contributed by atoms with van der Waals surface area (Å²) in [7, 11) is 2.06. The van der Waals surface area contributed by atoms with Crippen molar-refractivity contribution in [2.45, 2.75) is 18.9 Å². The first-order chi connectivity index (χ1) is 9.29. The fraction of sp³-hybridized carbons (Fsp3) is 0.692. The highest BCUT2D eigenvalue weighted by molar-refractivity contribution is 7.98. The van der Waals surface area contributed by atoms with Crippen LogP contribution in [0.15, 0.2) is 12.4 Å². The van der Waals surface area contributed by atoms with Crippen LogP contribution >= 0.6 is 11.8 Å². The van der Waals surface area contributed by atoms with Gasteiger partial charge in [-0.3, -0.25) is 0 Å². The Kier molecular flexibility index (Phi) is 5.72. The van der Waals surface area contributed by atoms with E-state index >= 15 is 0 Å². The fourth-order valence-electron chi connectivity index (χ4n) is 2.04. The Hall–Kier alpha value is -1.01. The van der Waals surface area contributed by atoms with E-state index in [1.807, 2.05) is 17.8 Å². The Morgan fingerprint density at radius 2 is 2.42 bits per heavy atom. The third kappa shape index (κ3) is 4.54. The molecule has 0 amide bonds. The van der Waals surface area contributed by atoms with Crippen LogP contribution in [0.2, 0.25) is 0 Å². The number of rotatable bonds is 6. The topological polar surface area (TPSA) is 50.3 Å². The molecule has 0 spiro atoms. The van der Waals surface area contributed by atoms with Crippen LogP contribution in [0, 0.1) is 0 Å². The number of nitrogens with one attached hydrogen (secondary N) is 1. The zero-order valence-electron chi connectivity index (χ0n) is 11.6. The maximum Gasteiger partial charge on any atom is 0.133 e. The Bertz CT molecular complexity index is 385. The van der Waals surface area contributed by atoms with Crippen molar-refractivity contribution in [1.29, 1.82) is 0 Å². The van der Waals surface area contributed by atoms with E-state index in [0.29, 0.717) is 6.04 Å². The number of hydrogen-bond donors (Lipinski definition) is 1. The minimum atomic E-state index is 0.369. The third-order valence-electron chi connectivity index (χ3n) is 3.19. The molecule has 1 saturated heterocycles. The molecule has 1 fully saturated rings. The molecule has 0 radical (unpaired) electrons. The van der Waals surface area contributed by atoms with Crippen molar-refractivity contribution >= 4 is 23.4 Å². The van der Waals surface area contributed by atoms with Crippen molar-refractivity contribution in [2.75, 3.05) is 49.0 Å². The summed E-state index contributed by atoms with van der Waals surface area (Å²) in [6, 6.07) is 2.38. The predicted molar refractivity (Wildman–Crippen MR) is 81.1 cm³/mol. The number of aromatic nitrogens is 2. The van der Waals surface area contributed by atoms with Crippen LogP contribution in [0.5, 0.6) is 0 Å². The van der Waals surface area contributed by atoms with E-state index in [4.69, 9.17) is 4.74 Å². The average Bonchev–Trinajstić information content (AvgIpc) is 2.46. The van der Waals surface area contributed by atoms with E-state index in [1.165, 1.54) is 0 Å². The van der Waals surface area contributed by atoms with E-state index in [2.05, 4.69) is 33.5 Å². The van der Waals surface area contributed by atoms with Gasteiger partial charge in [0.1, 0.15) is 18.0 Å². The highest BCUT2D eigenvalue weighted by Crippen LogP contribution is 2.16. The summed E-state index contributed by atoms with van der Waals surface area (Å²) in [5.41, 5.74) is 0. The molecule has 0 aliphatic carbocycles. The summed E-state index contributed by atoms with van der Waals surface area (Å²) >= 11 is 1.84. The zero-order chi connectivity index (χ0) is 13.5. The molecule has 6 heteroatoms.